The van der Waals surface area contributed by atoms with E-state index in [1.807, 2.05) is 18.3 Å². The van der Waals surface area contributed by atoms with Gasteiger partial charge in [0, 0.05) is 16.7 Å². The standard InChI is InChI=1S/C12H16BrN5/c1-17-6-4-10(5-7-17)14-12-15-11-3-2-9(13)8-18(11)16-12/h2-3,8,10H,4-7H2,1H3,(H,14,16). The smallest absolute Gasteiger partial charge is 0.243 e. The number of hydrogen-bond donors (Lipinski definition) is 1. The third-order valence-corrected chi connectivity index (χ3v) is 3.82. The lowest BCUT2D eigenvalue weighted by Gasteiger charge is -2.28. The SMILES string of the molecule is CN1CCC(Nc2nc3ccc(Br)cn3n2)CC1. The van der Waals surface area contributed by atoms with Crippen LogP contribution in [-0.2, 0) is 0 Å². The summed E-state index contributed by atoms with van der Waals surface area (Å²) >= 11 is 3.43. The predicted octanol–water partition coefficient (Wildman–Crippen LogP) is 2.00. The van der Waals surface area contributed by atoms with Gasteiger partial charge in [-0.25, -0.2) is 4.52 Å². The zero-order valence-corrected chi connectivity index (χ0v) is 11.9. The Labute approximate surface area is 114 Å². The molecule has 0 saturated carbocycles. The highest BCUT2D eigenvalue weighted by molar-refractivity contribution is 9.10. The normalized spacial score (nSPS) is 18.3. The molecule has 3 heterocycles. The van der Waals surface area contributed by atoms with Gasteiger partial charge in [0.2, 0.25) is 5.95 Å². The third-order valence-electron chi connectivity index (χ3n) is 3.35. The number of nitrogens with zero attached hydrogens (tertiary/aromatic N) is 4. The molecular formula is C12H16BrN5. The van der Waals surface area contributed by atoms with Crippen molar-refractivity contribution in [3.05, 3.63) is 22.8 Å². The molecule has 0 aliphatic carbocycles. The number of anilines is 1. The van der Waals surface area contributed by atoms with Crippen molar-refractivity contribution in [1.29, 1.82) is 0 Å². The van der Waals surface area contributed by atoms with Gasteiger partial charge in [0.15, 0.2) is 5.65 Å². The lowest BCUT2D eigenvalue weighted by molar-refractivity contribution is 0.263. The van der Waals surface area contributed by atoms with Gasteiger partial charge in [-0.05, 0) is 61.0 Å². The summed E-state index contributed by atoms with van der Waals surface area (Å²) in [6.45, 7) is 2.27. The van der Waals surface area contributed by atoms with E-state index in [2.05, 4.69) is 43.3 Å². The first-order chi connectivity index (χ1) is 8.70. The van der Waals surface area contributed by atoms with Crippen molar-refractivity contribution >= 4 is 27.5 Å². The minimum absolute atomic E-state index is 0.488. The summed E-state index contributed by atoms with van der Waals surface area (Å²) < 4.78 is 2.80. The average Bonchev–Trinajstić information content (AvgIpc) is 2.73. The largest absolute Gasteiger partial charge is 0.350 e. The molecule has 2 aromatic rings. The Bertz CT molecular complexity index is 544. The van der Waals surface area contributed by atoms with Gasteiger partial charge >= 0.3 is 0 Å². The number of nitrogens with one attached hydrogen (secondary N) is 1. The number of rotatable bonds is 2. The first-order valence-electron chi connectivity index (χ1n) is 6.18. The van der Waals surface area contributed by atoms with E-state index in [-0.39, 0.29) is 0 Å². The number of fused-ring (bicyclic) bond motifs is 1. The van der Waals surface area contributed by atoms with E-state index in [0.717, 1.165) is 42.0 Å². The molecule has 0 aromatic carbocycles. The van der Waals surface area contributed by atoms with Crippen molar-refractivity contribution in [2.75, 3.05) is 25.5 Å². The van der Waals surface area contributed by atoms with Crippen LogP contribution in [0.2, 0.25) is 0 Å². The van der Waals surface area contributed by atoms with Gasteiger partial charge < -0.3 is 10.2 Å². The molecule has 1 aliphatic rings. The fourth-order valence-electron chi connectivity index (χ4n) is 2.25. The van der Waals surface area contributed by atoms with Crippen LogP contribution in [0.25, 0.3) is 5.65 Å². The van der Waals surface area contributed by atoms with Crippen LogP contribution in [-0.4, -0.2) is 45.7 Å². The topological polar surface area (TPSA) is 45.5 Å². The molecule has 0 radical (unpaired) electrons. The zero-order chi connectivity index (χ0) is 12.5. The maximum atomic E-state index is 4.47. The fourth-order valence-corrected chi connectivity index (χ4v) is 2.58. The minimum atomic E-state index is 0.488. The lowest BCUT2D eigenvalue weighted by atomic mass is 10.1. The van der Waals surface area contributed by atoms with E-state index in [0.29, 0.717) is 6.04 Å². The van der Waals surface area contributed by atoms with E-state index in [9.17, 15) is 0 Å². The quantitative estimate of drug-likeness (QED) is 0.921. The summed E-state index contributed by atoms with van der Waals surface area (Å²) in [7, 11) is 2.16. The molecule has 18 heavy (non-hydrogen) atoms. The number of halogens is 1. The Kier molecular flexibility index (Phi) is 3.22. The van der Waals surface area contributed by atoms with Crippen LogP contribution in [0.4, 0.5) is 5.95 Å². The van der Waals surface area contributed by atoms with Crippen LogP contribution in [0.5, 0.6) is 0 Å². The number of likely N-dealkylation sites (tertiary alicyclic amines) is 1. The number of pyridine rings is 1. The highest BCUT2D eigenvalue weighted by Gasteiger charge is 2.17. The maximum absolute atomic E-state index is 4.47. The summed E-state index contributed by atoms with van der Waals surface area (Å²) in [6.07, 6.45) is 4.22. The summed E-state index contributed by atoms with van der Waals surface area (Å²) in [4.78, 5) is 6.83. The van der Waals surface area contributed by atoms with Crippen LogP contribution in [0.15, 0.2) is 22.8 Å². The molecule has 0 spiro atoms. The molecule has 6 heteroatoms. The second-order valence-corrected chi connectivity index (χ2v) is 5.72. The molecule has 2 aromatic heterocycles. The van der Waals surface area contributed by atoms with Crippen molar-refractivity contribution in [2.24, 2.45) is 0 Å². The van der Waals surface area contributed by atoms with Crippen molar-refractivity contribution < 1.29 is 0 Å². The third kappa shape index (κ3) is 2.49. The van der Waals surface area contributed by atoms with Gasteiger partial charge in [0.1, 0.15) is 0 Å². The molecule has 0 unspecified atom stereocenters. The molecule has 1 aliphatic heterocycles. The molecule has 1 saturated heterocycles. The Balaban J connectivity index is 1.74. The van der Waals surface area contributed by atoms with Gasteiger partial charge in [0.05, 0.1) is 0 Å². The van der Waals surface area contributed by atoms with Gasteiger partial charge in [-0.2, -0.15) is 4.98 Å². The molecule has 96 valence electrons. The molecule has 0 bridgehead atoms. The van der Waals surface area contributed by atoms with E-state index in [1.165, 1.54) is 0 Å². The maximum Gasteiger partial charge on any atom is 0.243 e. The number of hydrogen-bond acceptors (Lipinski definition) is 4. The van der Waals surface area contributed by atoms with E-state index < -0.39 is 0 Å². The van der Waals surface area contributed by atoms with Gasteiger partial charge in [-0.3, -0.25) is 0 Å². The van der Waals surface area contributed by atoms with Crippen LogP contribution in [0.1, 0.15) is 12.8 Å². The van der Waals surface area contributed by atoms with Crippen LogP contribution >= 0.6 is 15.9 Å². The number of piperidine rings is 1. The van der Waals surface area contributed by atoms with E-state index in [4.69, 9.17) is 0 Å². The first-order valence-corrected chi connectivity index (χ1v) is 6.97. The van der Waals surface area contributed by atoms with Crippen molar-refractivity contribution in [1.82, 2.24) is 19.5 Å². The summed E-state index contributed by atoms with van der Waals surface area (Å²) in [5, 5.41) is 7.86. The minimum Gasteiger partial charge on any atom is -0.350 e. The average molecular weight is 310 g/mol. The molecule has 1 fully saturated rings. The Morgan fingerprint density at radius 1 is 1.33 bits per heavy atom. The van der Waals surface area contributed by atoms with Crippen LogP contribution < -0.4 is 5.32 Å². The molecule has 1 N–H and O–H groups in total. The molecule has 3 rings (SSSR count). The number of aromatic nitrogens is 3. The van der Waals surface area contributed by atoms with Gasteiger partial charge in [0.25, 0.3) is 0 Å². The molecule has 0 atom stereocenters. The highest BCUT2D eigenvalue weighted by Crippen LogP contribution is 2.15. The Morgan fingerprint density at radius 2 is 2.11 bits per heavy atom. The molecule has 5 nitrogen and oxygen atoms in total. The van der Waals surface area contributed by atoms with Crippen LogP contribution in [0, 0.1) is 0 Å². The van der Waals surface area contributed by atoms with Crippen molar-refractivity contribution in [3.8, 4) is 0 Å². The van der Waals surface area contributed by atoms with Crippen molar-refractivity contribution in [2.45, 2.75) is 18.9 Å². The second-order valence-electron chi connectivity index (χ2n) is 4.81. The lowest BCUT2D eigenvalue weighted by Crippen LogP contribution is -2.36. The van der Waals surface area contributed by atoms with Crippen LogP contribution in [0.3, 0.4) is 0 Å². The predicted molar refractivity (Wildman–Crippen MR) is 74.8 cm³/mol. The Hall–Kier alpha value is -1.14. The monoisotopic (exact) mass is 309 g/mol. The summed E-state index contributed by atoms with van der Waals surface area (Å²) in [6, 6.07) is 4.42. The van der Waals surface area contributed by atoms with Crippen molar-refractivity contribution in [3.63, 3.8) is 0 Å². The second kappa shape index (κ2) is 4.85. The zero-order valence-electron chi connectivity index (χ0n) is 10.3. The fraction of sp³-hybridized carbons (Fsp3) is 0.500. The van der Waals surface area contributed by atoms with Gasteiger partial charge in [-0.1, -0.05) is 0 Å². The Morgan fingerprint density at radius 3 is 2.89 bits per heavy atom. The summed E-state index contributed by atoms with van der Waals surface area (Å²) in [5.74, 6) is 0.725. The van der Waals surface area contributed by atoms with E-state index >= 15 is 0 Å². The first kappa shape index (κ1) is 11.9. The van der Waals surface area contributed by atoms with Gasteiger partial charge in [-0.15, -0.1) is 5.10 Å². The highest BCUT2D eigenvalue weighted by atomic mass is 79.9. The molecule has 0 amide bonds. The molecular weight excluding hydrogens is 294 g/mol. The van der Waals surface area contributed by atoms with E-state index in [1.54, 1.807) is 4.52 Å². The summed E-state index contributed by atoms with van der Waals surface area (Å²) in [5.41, 5.74) is 0.869.